The quantitative estimate of drug-likeness (QED) is 0.868. The van der Waals surface area contributed by atoms with Gasteiger partial charge in [-0.3, -0.25) is 4.90 Å². The summed E-state index contributed by atoms with van der Waals surface area (Å²) in [6.07, 6.45) is 0.697. The zero-order valence-corrected chi connectivity index (χ0v) is 12.2. The summed E-state index contributed by atoms with van der Waals surface area (Å²) in [5, 5.41) is 9.85. The summed E-state index contributed by atoms with van der Waals surface area (Å²) in [7, 11) is 0. The normalized spacial score (nSPS) is 23.6. The zero-order valence-electron chi connectivity index (χ0n) is 12.2. The minimum atomic E-state index is -0.175. The second-order valence-electron chi connectivity index (χ2n) is 6.43. The highest BCUT2D eigenvalue weighted by atomic mass is 16.3. The molecule has 0 radical (unpaired) electrons. The van der Waals surface area contributed by atoms with Crippen LogP contribution in [-0.4, -0.2) is 28.2 Å². The first-order chi connectivity index (χ1) is 8.29. The SMILES string of the molecule is Cc1cc(C)c(CN2CC(O)CC2(C)C)c(C)c1. The molecule has 1 atom stereocenters. The monoisotopic (exact) mass is 247 g/mol. The van der Waals surface area contributed by atoms with Gasteiger partial charge < -0.3 is 5.11 Å². The molecule has 100 valence electrons. The number of aryl methyl sites for hydroxylation is 3. The van der Waals surface area contributed by atoms with Gasteiger partial charge in [-0.25, -0.2) is 0 Å². The second-order valence-corrected chi connectivity index (χ2v) is 6.43. The first-order valence-electron chi connectivity index (χ1n) is 6.79. The molecule has 1 aromatic rings. The van der Waals surface area contributed by atoms with Crippen molar-refractivity contribution in [3.05, 3.63) is 34.4 Å². The Balaban J connectivity index is 2.25. The van der Waals surface area contributed by atoms with E-state index in [1.165, 1.54) is 22.3 Å². The highest BCUT2D eigenvalue weighted by molar-refractivity contribution is 5.37. The van der Waals surface area contributed by atoms with Crippen LogP contribution in [0.1, 0.15) is 42.5 Å². The van der Waals surface area contributed by atoms with Crippen molar-refractivity contribution in [2.24, 2.45) is 0 Å². The molecule has 0 aliphatic carbocycles. The molecular weight excluding hydrogens is 222 g/mol. The van der Waals surface area contributed by atoms with E-state index in [0.717, 1.165) is 19.5 Å². The van der Waals surface area contributed by atoms with Gasteiger partial charge in [-0.05, 0) is 57.7 Å². The number of benzene rings is 1. The van der Waals surface area contributed by atoms with Crippen molar-refractivity contribution in [3.8, 4) is 0 Å². The van der Waals surface area contributed by atoms with Gasteiger partial charge in [0.2, 0.25) is 0 Å². The van der Waals surface area contributed by atoms with Crippen LogP contribution in [0.4, 0.5) is 0 Å². The van der Waals surface area contributed by atoms with E-state index in [4.69, 9.17) is 0 Å². The van der Waals surface area contributed by atoms with Crippen LogP contribution in [0.25, 0.3) is 0 Å². The van der Waals surface area contributed by atoms with Gasteiger partial charge in [0, 0.05) is 18.6 Å². The number of likely N-dealkylation sites (tertiary alicyclic amines) is 1. The van der Waals surface area contributed by atoms with Crippen molar-refractivity contribution in [2.45, 2.75) is 59.2 Å². The van der Waals surface area contributed by atoms with Crippen molar-refractivity contribution in [1.82, 2.24) is 4.90 Å². The molecule has 1 unspecified atom stereocenters. The van der Waals surface area contributed by atoms with Crippen LogP contribution in [0.3, 0.4) is 0 Å². The zero-order chi connectivity index (χ0) is 13.5. The van der Waals surface area contributed by atoms with Crippen LogP contribution in [0.2, 0.25) is 0 Å². The summed E-state index contributed by atoms with van der Waals surface area (Å²) in [5.74, 6) is 0. The van der Waals surface area contributed by atoms with Gasteiger partial charge in [0.15, 0.2) is 0 Å². The van der Waals surface area contributed by atoms with E-state index in [1.807, 2.05) is 0 Å². The average molecular weight is 247 g/mol. The average Bonchev–Trinajstić information content (AvgIpc) is 2.45. The van der Waals surface area contributed by atoms with Crippen LogP contribution < -0.4 is 0 Å². The van der Waals surface area contributed by atoms with Gasteiger partial charge in [-0.15, -0.1) is 0 Å². The third-order valence-corrected chi connectivity index (χ3v) is 4.21. The van der Waals surface area contributed by atoms with E-state index in [0.29, 0.717) is 0 Å². The molecule has 0 bridgehead atoms. The highest BCUT2D eigenvalue weighted by Crippen LogP contribution is 2.31. The van der Waals surface area contributed by atoms with Gasteiger partial charge in [0.25, 0.3) is 0 Å². The molecular formula is C16H25NO. The summed E-state index contributed by atoms with van der Waals surface area (Å²) >= 11 is 0. The van der Waals surface area contributed by atoms with Crippen molar-refractivity contribution < 1.29 is 5.11 Å². The maximum absolute atomic E-state index is 9.85. The van der Waals surface area contributed by atoms with Crippen molar-refractivity contribution in [1.29, 1.82) is 0 Å². The summed E-state index contributed by atoms with van der Waals surface area (Å²) < 4.78 is 0. The number of rotatable bonds is 2. The summed E-state index contributed by atoms with van der Waals surface area (Å²) in [5.41, 5.74) is 5.58. The van der Waals surface area contributed by atoms with E-state index in [9.17, 15) is 5.11 Å². The molecule has 1 fully saturated rings. The molecule has 2 heteroatoms. The number of aliphatic hydroxyl groups excluding tert-OH is 1. The molecule has 18 heavy (non-hydrogen) atoms. The maximum atomic E-state index is 9.85. The van der Waals surface area contributed by atoms with Gasteiger partial charge in [-0.1, -0.05) is 17.7 Å². The molecule has 1 saturated heterocycles. The first kappa shape index (κ1) is 13.6. The number of nitrogens with zero attached hydrogens (tertiary/aromatic N) is 1. The van der Waals surface area contributed by atoms with Gasteiger partial charge >= 0.3 is 0 Å². The van der Waals surface area contributed by atoms with E-state index in [2.05, 4.69) is 51.7 Å². The van der Waals surface area contributed by atoms with Gasteiger partial charge in [0.05, 0.1) is 6.10 Å². The number of aliphatic hydroxyl groups is 1. The Hall–Kier alpha value is -0.860. The molecule has 1 aromatic carbocycles. The fourth-order valence-electron chi connectivity index (χ4n) is 3.20. The van der Waals surface area contributed by atoms with Crippen molar-refractivity contribution >= 4 is 0 Å². The summed E-state index contributed by atoms with van der Waals surface area (Å²) in [6.45, 7) is 12.7. The lowest BCUT2D eigenvalue weighted by Crippen LogP contribution is -2.37. The molecule has 1 heterocycles. The number of β-amino-alcohol motifs (C(OH)–C–C–N with tert-alkyl or cyclic N) is 1. The Morgan fingerprint density at radius 3 is 2.22 bits per heavy atom. The molecule has 0 aromatic heterocycles. The molecule has 1 N–H and O–H groups in total. The Morgan fingerprint density at radius 2 is 1.78 bits per heavy atom. The largest absolute Gasteiger partial charge is 0.392 e. The Labute approximate surface area is 111 Å². The lowest BCUT2D eigenvalue weighted by molar-refractivity contribution is 0.156. The fraction of sp³-hybridized carbons (Fsp3) is 0.625. The third kappa shape index (κ3) is 2.60. The lowest BCUT2D eigenvalue weighted by atomic mass is 9.97. The standard InChI is InChI=1S/C16H25NO/c1-11-6-12(2)15(13(3)7-11)10-17-9-14(18)8-16(17,4)5/h6-7,14,18H,8-10H2,1-5H3. The van der Waals surface area contributed by atoms with E-state index < -0.39 is 0 Å². The predicted molar refractivity (Wildman–Crippen MR) is 75.8 cm³/mol. The van der Waals surface area contributed by atoms with Crippen molar-refractivity contribution in [3.63, 3.8) is 0 Å². The fourth-order valence-corrected chi connectivity index (χ4v) is 3.20. The van der Waals surface area contributed by atoms with Crippen LogP contribution in [0.15, 0.2) is 12.1 Å². The molecule has 0 saturated carbocycles. The summed E-state index contributed by atoms with van der Waals surface area (Å²) in [4.78, 5) is 2.41. The van der Waals surface area contributed by atoms with Crippen molar-refractivity contribution in [2.75, 3.05) is 6.54 Å². The maximum Gasteiger partial charge on any atom is 0.0684 e. The Kier molecular flexibility index (Phi) is 3.52. The van der Waals surface area contributed by atoms with E-state index in [-0.39, 0.29) is 11.6 Å². The third-order valence-electron chi connectivity index (χ3n) is 4.21. The first-order valence-corrected chi connectivity index (χ1v) is 6.79. The molecule has 2 rings (SSSR count). The van der Waals surface area contributed by atoms with E-state index in [1.54, 1.807) is 0 Å². The number of hydrogen-bond acceptors (Lipinski definition) is 2. The van der Waals surface area contributed by atoms with E-state index >= 15 is 0 Å². The molecule has 0 amide bonds. The predicted octanol–water partition coefficient (Wildman–Crippen LogP) is 2.96. The summed E-state index contributed by atoms with van der Waals surface area (Å²) in [6, 6.07) is 4.50. The lowest BCUT2D eigenvalue weighted by Gasteiger charge is -2.32. The Morgan fingerprint density at radius 1 is 1.22 bits per heavy atom. The molecule has 2 nitrogen and oxygen atoms in total. The molecule has 1 aliphatic rings. The van der Waals surface area contributed by atoms with Crippen LogP contribution in [0.5, 0.6) is 0 Å². The molecule has 0 spiro atoms. The minimum Gasteiger partial charge on any atom is -0.392 e. The Bertz CT molecular complexity index is 427. The highest BCUT2D eigenvalue weighted by Gasteiger charge is 2.37. The second kappa shape index (κ2) is 4.67. The molecule has 1 aliphatic heterocycles. The van der Waals surface area contributed by atoms with Crippen LogP contribution in [0, 0.1) is 20.8 Å². The van der Waals surface area contributed by atoms with Crippen LogP contribution >= 0.6 is 0 Å². The number of hydrogen-bond donors (Lipinski definition) is 1. The van der Waals surface area contributed by atoms with Gasteiger partial charge in [-0.2, -0.15) is 0 Å². The topological polar surface area (TPSA) is 23.5 Å². The van der Waals surface area contributed by atoms with Gasteiger partial charge in [0.1, 0.15) is 0 Å². The minimum absolute atomic E-state index is 0.100. The smallest absolute Gasteiger partial charge is 0.0684 e. The van der Waals surface area contributed by atoms with Crippen LogP contribution in [-0.2, 0) is 6.54 Å².